The van der Waals surface area contributed by atoms with Gasteiger partial charge in [0.25, 0.3) is 0 Å². The molecule has 10 aromatic carbocycles. The fraction of sp³-hybridized carbons (Fsp3) is 0. The zero-order valence-electron chi connectivity index (χ0n) is 37.0. The summed E-state index contributed by atoms with van der Waals surface area (Å²) in [6.07, 6.45) is 0. The van der Waals surface area contributed by atoms with E-state index in [1.54, 1.807) is 0 Å². The van der Waals surface area contributed by atoms with Gasteiger partial charge in [0.05, 0.1) is 11.4 Å². The molecule has 0 radical (unpaired) electrons. The van der Waals surface area contributed by atoms with Crippen LogP contribution in [0.2, 0.25) is 0 Å². The summed E-state index contributed by atoms with van der Waals surface area (Å²) >= 11 is 0. The van der Waals surface area contributed by atoms with E-state index in [2.05, 4.69) is 279 Å². The predicted octanol–water partition coefficient (Wildman–Crippen LogP) is 13.5. The topological polar surface area (TPSA) is 25.8 Å². The van der Waals surface area contributed by atoms with Gasteiger partial charge in [-0.05, 0) is 83.5 Å². The van der Waals surface area contributed by atoms with Crippen molar-refractivity contribution in [2.24, 2.45) is 0 Å². The van der Waals surface area contributed by atoms with Gasteiger partial charge in [0.1, 0.15) is 0 Å². The summed E-state index contributed by atoms with van der Waals surface area (Å²) in [4.78, 5) is 10.8. The van der Waals surface area contributed by atoms with Crippen molar-refractivity contribution in [2.75, 3.05) is 0 Å². The first-order valence-corrected chi connectivity index (χ1v) is 24.9. The van der Waals surface area contributed by atoms with Gasteiger partial charge >= 0.3 is 0 Å². The van der Waals surface area contributed by atoms with Crippen LogP contribution in [0.4, 0.5) is 0 Å². The van der Waals surface area contributed by atoms with Gasteiger partial charge in [0.2, 0.25) is 0 Å². The van der Waals surface area contributed by atoms with Gasteiger partial charge in [-0.25, -0.2) is 9.97 Å². The molecule has 3 heteroatoms. The molecular formula is C64H46N2Si. The summed E-state index contributed by atoms with van der Waals surface area (Å²) < 4.78 is 0. The molecule has 0 saturated carbocycles. The monoisotopic (exact) mass is 870 g/mol. The van der Waals surface area contributed by atoms with Gasteiger partial charge in [0.15, 0.2) is 13.9 Å². The maximum Gasteiger partial charge on any atom is 0.179 e. The highest BCUT2D eigenvalue weighted by atomic mass is 28.3. The van der Waals surface area contributed by atoms with E-state index < -0.39 is 8.07 Å². The molecule has 0 aliphatic carbocycles. The van der Waals surface area contributed by atoms with E-state index in [-0.39, 0.29) is 0 Å². The molecule has 1 heterocycles. The molecule has 0 spiro atoms. The molecule has 0 bridgehead atoms. The minimum absolute atomic E-state index is 0.674. The average molecular weight is 871 g/mol. The van der Waals surface area contributed by atoms with E-state index in [4.69, 9.17) is 9.97 Å². The summed E-state index contributed by atoms with van der Waals surface area (Å²) in [5.41, 5.74) is 13.8. The quantitative estimate of drug-likeness (QED) is 0.0956. The molecule has 0 N–H and O–H groups in total. The van der Waals surface area contributed by atoms with Gasteiger partial charge in [-0.1, -0.05) is 261 Å². The van der Waals surface area contributed by atoms with Gasteiger partial charge in [-0.3, -0.25) is 0 Å². The number of nitrogens with zero attached hydrogens (tertiary/aromatic N) is 2. The van der Waals surface area contributed by atoms with E-state index in [9.17, 15) is 0 Å². The van der Waals surface area contributed by atoms with E-state index in [1.807, 2.05) is 0 Å². The van der Waals surface area contributed by atoms with Gasteiger partial charge < -0.3 is 0 Å². The van der Waals surface area contributed by atoms with Crippen LogP contribution < -0.4 is 20.7 Å². The van der Waals surface area contributed by atoms with Gasteiger partial charge in [0, 0.05) is 16.7 Å². The van der Waals surface area contributed by atoms with Gasteiger partial charge in [-0.15, -0.1) is 0 Å². The highest BCUT2D eigenvalue weighted by Gasteiger charge is 2.41. The van der Waals surface area contributed by atoms with E-state index in [0.717, 1.165) is 67.0 Å². The summed E-state index contributed by atoms with van der Waals surface area (Å²) in [7, 11) is -2.85. The highest BCUT2D eigenvalue weighted by Crippen LogP contribution is 2.44. The second kappa shape index (κ2) is 18.5. The van der Waals surface area contributed by atoms with Crippen molar-refractivity contribution in [1.29, 1.82) is 0 Å². The van der Waals surface area contributed by atoms with E-state index in [0.29, 0.717) is 5.82 Å². The minimum atomic E-state index is -2.85. The van der Waals surface area contributed by atoms with Crippen molar-refractivity contribution >= 4 is 28.8 Å². The Labute approximate surface area is 394 Å². The van der Waals surface area contributed by atoms with Crippen molar-refractivity contribution in [3.05, 3.63) is 279 Å². The predicted molar refractivity (Wildman–Crippen MR) is 284 cm³/mol. The zero-order valence-corrected chi connectivity index (χ0v) is 38.0. The molecule has 0 aliphatic rings. The first kappa shape index (κ1) is 41.2. The molecule has 0 fully saturated rings. The lowest BCUT2D eigenvalue weighted by molar-refractivity contribution is 1.18. The summed E-state index contributed by atoms with van der Waals surface area (Å²) in [6.45, 7) is 0. The standard InChI is InChI=1S/C64H46N2Si/c1-8-23-47(24-9-1)49-39-41-52(42-40-49)64-65-61(50-27-12-3-13-28-50)46-62(66-64)60-45-54(48-25-10-2-11-26-48)44-59(63(60)51-29-14-4-15-30-51)53-31-22-38-58(43-53)67(55-32-16-5-17-33-55,56-34-18-6-19-35-56)57-36-20-7-21-37-57/h1-46H. The van der Waals surface area contributed by atoms with E-state index in [1.165, 1.54) is 26.3 Å². The molecule has 0 unspecified atom stereocenters. The lowest BCUT2D eigenvalue weighted by atomic mass is 9.85. The van der Waals surface area contributed by atoms with Crippen LogP contribution >= 0.6 is 0 Å². The third-order valence-corrected chi connectivity index (χ3v) is 17.6. The maximum absolute atomic E-state index is 5.53. The lowest BCUT2D eigenvalue weighted by Crippen LogP contribution is -2.74. The van der Waals surface area contributed by atoms with Crippen LogP contribution in [0.5, 0.6) is 0 Å². The molecule has 2 nitrogen and oxygen atoms in total. The van der Waals surface area contributed by atoms with Crippen molar-refractivity contribution in [2.45, 2.75) is 0 Å². The molecule has 0 saturated heterocycles. The SMILES string of the molecule is c1ccc(-c2ccc(-c3nc(-c4ccccc4)cc(-c4cc(-c5ccccc5)cc(-c5cccc([Si](c6ccccc6)(c6ccccc6)c6ccccc6)c5)c4-c4ccccc4)n3)cc2)cc1. The zero-order chi connectivity index (χ0) is 44.8. The summed E-state index contributed by atoms with van der Waals surface area (Å²) in [5.74, 6) is 0.674. The maximum atomic E-state index is 5.53. The smallest absolute Gasteiger partial charge is 0.179 e. The summed E-state index contributed by atoms with van der Waals surface area (Å²) in [6, 6.07) is 101. The number of hydrogen-bond donors (Lipinski definition) is 0. The minimum Gasteiger partial charge on any atom is -0.228 e. The second-order valence-electron chi connectivity index (χ2n) is 16.9. The Hall–Kier alpha value is -8.50. The van der Waals surface area contributed by atoms with Gasteiger partial charge in [-0.2, -0.15) is 0 Å². The molecule has 316 valence electrons. The van der Waals surface area contributed by atoms with Crippen molar-refractivity contribution < 1.29 is 0 Å². The molecule has 11 aromatic rings. The number of aromatic nitrogens is 2. The fourth-order valence-corrected chi connectivity index (χ4v) is 14.5. The van der Waals surface area contributed by atoms with Crippen molar-refractivity contribution in [3.63, 3.8) is 0 Å². The van der Waals surface area contributed by atoms with E-state index >= 15 is 0 Å². The molecule has 0 atom stereocenters. The molecule has 0 amide bonds. The normalized spacial score (nSPS) is 11.3. The van der Waals surface area contributed by atoms with Crippen LogP contribution in [-0.4, -0.2) is 18.0 Å². The molecular weight excluding hydrogens is 825 g/mol. The fourth-order valence-electron chi connectivity index (χ4n) is 9.68. The average Bonchev–Trinajstić information content (AvgIpc) is 3.42. The van der Waals surface area contributed by atoms with Crippen LogP contribution in [0.25, 0.3) is 78.4 Å². The Morgan fingerprint density at radius 1 is 0.224 bits per heavy atom. The van der Waals surface area contributed by atoms with Crippen LogP contribution in [0, 0.1) is 0 Å². The van der Waals surface area contributed by atoms with Crippen molar-refractivity contribution in [1.82, 2.24) is 9.97 Å². The summed E-state index contributed by atoms with van der Waals surface area (Å²) in [5, 5.41) is 5.33. The Balaban J connectivity index is 1.19. The molecule has 0 aliphatic heterocycles. The highest BCUT2D eigenvalue weighted by molar-refractivity contribution is 7.19. The number of benzene rings is 10. The largest absolute Gasteiger partial charge is 0.228 e. The molecule has 1 aromatic heterocycles. The van der Waals surface area contributed by atoms with Crippen LogP contribution in [0.15, 0.2) is 279 Å². The third kappa shape index (κ3) is 8.14. The lowest BCUT2D eigenvalue weighted by Gasteiger charge is -2.34. The Bertz CT molecular complexity index is 3300. The molecule has 11 rings (SSSR count). The number of rotatable bonds is 11. The number of hydrogen-bond acceptors (Lipinski definition) is 2. The van der Waals surface area contributed by atoms with Crippen LogP contribution in [-0.2, 0) is 0 Å². The Kier molecular flexibility index (Phi) is 11.4. The van der Waals surface area contributed by atoms with Crippen LogP contribution in [0.1, 0.15) is 0 Å². The Morgan fingerprint density at radius 2 is 0.597 bits per heavy atom. The van der Waals surface area contributed by atoms with Crippen LogP contribution in [0.3, 0.4) is 0 Å². The Morgan fingerprint density at radius 3 is 1.12 bits per heavy atom. The first-order valence-electron chi connectivity index (χ1n) is 22.9. The third-order valence-electron chi connectivity index (χ3n) is 12.9. The second-order valence-corrected chi connectivity index (χ2v) is 20.7. The first-order chi connectivity index (χ1) is 33.2. The molecule has 67 heavy (non-hydrogen) atoms. The van der Waals surface area contributed by atoms with Crippen molar-refractivity contribution in [3.8, 4) is 78.4 Å².